The molecule has 0 aliphatic rings. The standard InChI is InChI=1S/C17H24N2O2/c1-12(2)14(11-15(20)17(3,4)5)18-19-16(21)13-9-7-6-8-10-13/h6-10,12H,11H2,1-5H3,(H,19,21)/b18-14+. The van der Waals surface area contributed by atoms with Crippen LogP contribution in [0, 0.1) is 11.3 Å². The van der Waals surface area contributed by atoms with Gasteiger partial charge in [-0.2, -0.15) is 5.10 Å². The van der Waals surface area contributed by atoms with Crippen LogP contribution in [0.4, 0.5) is 0 Å². The first kappa shape index (κ1) is 17.1. The van der Waals surface area contributed by atoms with Crippen LogP contribution in [0.2, 0.25) is 0 Å². The maximum Gasteiger partial charge on any atom is 0.271 e. The highest BCUT2D eigenvalue weighted by Gasteiger charge is 2.23. The number of benzene rings is 1. The fourth-order valence-electron chi connectivity index (χ4n) is 1.58. The first-order valence-electron chi connectivity index (χ1n) is 7.17. The maximum absolute atomic E-state index is 12.1. The number of carbonyl (C=O) groups excluding carboxylic acids is 2. The van der Waals surface area contributed by atoms with E-state index in [0.29, 0.717) is 11.3 Å². The molecule has 4 heteroatoms. The second kappa shape index (κ2) is 7.16. The number of amides is 1. The predicted octanol–water partition coefficient (Wildman–Crippen LogP) is 3.43. The third kappa shape index (κ3) is 5.50. The van der Waals surface area contributed by atoms with Crippen LogP contribution in [0.15, 0.2) is 35.4 Å². The van der Waals surface area contributed by atoms with E-state index in [1.165, 1.54) is 0 Å². The molecule has 0 heterocycles. The molecule has 114 valence electrons. The molecule has 0 radical (unpaired) electrons. The Labute approximate surface area is 126 Å². The van der Waals surface area contributed by atoms with Gasteiger partial charge in [-0.3, -0.25) is 9.59 Å². The summed E-state index contributed by atoms with van der Waals surface area (Å²) in [6.45, 7) is 9.58. The molecule has 21 heavy (non-hydrogen) atoms. The summed E-state index contributed by atoms with van der Waals surface area (Å²) in [6, 6.07) is 8.89. The number of nitrogens with one attached hydrogen (secondary N) is 1. The first-order chi connectivity index (χ1) is 9.71. The molecule has 0 spiro atoms. The van der Waals surface area contributed by atoms with E-state index in [4.69, 9.17) is 0 Å². The average Bonchev–Trinajstić information content (AvgIpc) is 2.42. The number of hydrogen-bond donors (Lipinski definition) is 1. The van der Waals surface area contributed by atoms with E-state index in [0.717, 1.165) is 0 Å². The minimum atomic E-state index is -0.404. The zero-order valence-electron chi connectivity index (χ0n) is 13.4. The highest BCUT2D eigenvalue weighted by atomic mass is 16.2. The van der Waals surface area contributed by atoms with Crippen molar-refractivity contribution in [2.24, 2.45) is 16.4 Å². The SMILES string of the molecule is CC(C)/C(CC(=O)C(C)(C)C)=N/NC(=O)c1ccccc1. The second-order valence-corrected chi connectivity index (χ2v) is 6.41. The van der Waals surface area contributed by atoms with E-state index in [2.05, 4.69) is 10.5 Å². The van der Waals surface area contributed by atoms with Crippen molar-refractivity contribution in [3.8, 4) is 0 Å². The average molecular weight is 288 g/mol. The quantitative estimate of drug-likeness (QED) is 0.666. The predicted molar refractivity (Wildman–Crippen MR) is 85.3 cm³/mol. The fourth-order valence-corrected chi connectivity index (χ4v) is 1.58. The number of ketones is 1. The molecule has 0 saturated heterocycles. The largest absolute Gasteiger partial charge is 0.299 e. The smallest absolute Gasteiger partial charge is 0.271 e. The highest BCUT2D eigenvalue weighted by Crippen LogP contribution is 2.18. The van der Waals surface area contributed by atoms with Gasteiger partial charge in [0.05, 0.1) is 0 Å². The van der Waals surface area contributed by atoms with E-state index in [1.807, 2.05) is 40.7 Å². The van der Waals surface area contributed by atoms with Crippen molar-refractivity contribution in [2.75, 3.05) is 0 Å². The summed E-state index contributed by atoms with van der Waals surface area (Å²) in [7, 11) is 0. The summed E-state index contributed by atoms with van der Waals surface area (Å²) in [4.78, 5) is 24.1. The van der Waals surface area contributed by atoms with Crippen molar-refractivity contribution in [3.63, 3.8) is 0 Å². The maximum atomic E-state index is 12.1. The van der Waals surface area contributed by atoms with Gasteiger partial charge in [-0.1, -0.05) is 52.8 Å². The Balaban J connectivity index is 2.78. The second-order valence-electron chi connectivity index (χ2n) is 6.41. The fraction of sp³-hybridized carbons (Fsp3) is 0.471. The van der Waals surface area contributed by atoms with Gasteiger partial charge in [0.25, 0.3) is 5.91 Å². The molecular formula is C17H24N2O2. The minimum Gasteiger partial charge on any atom is -0.299 e. The van der Waals surface area contributed by atoms with E-state index in [1.54, 1.807) is 24.3 Å². The van der Waals surface area contributed by atoms with Gasteiger partial charge in [-0.25, -0.2) is 5.43 Å². The molecule has 0 aliphatic carbocycles. The summed E-state index contributed by atoms with van der Waals surface area (Å²) in [5.74, 6) is -0.0479. The lowest BCUT2D eigenvalue weighted by Crippen LogP contribution is -2.27. The molecule has 0 atom stereocenters. The number of nitrogens with zero attached hydrogens (tertiary/aromatic N) is 1. The highest BCUT2D eigenvalue weighted by molar-refractivity contribution is 6.05. The summed E-state index contributed by atoms with van der Waals surface area (Å²) in [6.07, 6.45) is 0.260. The van der Waals surface area contributed by atoms with E-state index in [9.17, 15) is 9.59 Å². The Bertz CT molecular complexity index is 525. The van der Waals surface area contributed by atoms with Gasteiger partial charge in [0.1, 0.15) is 5.78 Å². The third-order valence-corrected chi connectivity index (χ3v) is 3.18. The molecule has 1 N–H and O–H groups in total. The summed E-state index contributed by atoms with van der Waals surface area (Å²) >= 11 is 0. The molecular weight excluding hydrogens is 264 g/mol. The molecule has 4 nitrogen and oxygen atoms in total. The van der Waals surface area contributed by atoms with Crippen LogP contribution in [0.25, 0.3) is 0 Å². The van der Waals surface area contributed by atoms with Crippen molar-refractivity contribution in [1.82, 2.24) is 5.43 Å². The van der Waals surface area contributed by atoms with Crippen molar-refractivity contribution >= 4 is 17.4 Å². The van der Waals surface area contributed by atoms with Gasteiger partial charge in [-0.15, -0.1) is 0 Å². The van der Waals surface area contributed by atoms with Gasteiger partial charge in [0.15, 0.2) is 0 Å². The number of hydrazone groups is 1. The molecule has 1 rings (SSSR count). The molecule has 1 aromatic rings. The van der Waals surface area contributed by atoms with Crippen LogP contribution in [0.1, 0.15) is 51.4 Å². The van der Waals surface area contributed by atoms with Gasteiger partial charge in [0, 0.05) is 23.1 Å². The van der Waals surface area contributed by atoms with Crippen molar-refractivity contribution in [1.29, 1.82) is 0 Å². The lowest BCUT2D eigenvalue weighted by atomic mass is 9.86. The van der Waals surface area contributed by atoms with Crippen LogP contribution in [-0.2, 0) is 4.79 Å². The van der Waals surface area contributed by atoms with Crippen LogP contribution >= 0.6 is 0 Å². The Kier molecular flexibility index (Phi) is 5.82. The topological polar surface area (TPSA) is 58.5 Å². The molecule has 1 aromatic carbocycles. The van der Waals surface area contributed by atoms with Gasteiger partial charge < -0.3 is 0 Å². The zero-order chi connectivity index (χ0) is 16.0. The lowest BCUT2D eigenvalue weighted by molar-refractivity contribution is -0.125. The van der Waals surface area contributed by atoms with Crippen molar-refractivity contribution < 1.29 is 9.59 Å². The number of Topliss-reactive ketones (excluding diaryl/α,β-unsaturated/α-hetero) is 1. The number of carbonyl (C=O) groups is 2. The summed E-state index contributed by atoms with van der Waals surface area (Å²) < 4.78 is 0. The van der Waals surface area contributed by atoms with Crippen LogP contribution < -0.4 is 5.43 Å². The number of rotatable bonds is 5. The van der Waals surface area contributed by atoms with Gasteiger partial charge in [0.2, 0.25) is 0 Å². The van der Waals surface area contributed by atoms with Gasteiger partial charge >= 0.3 is 0 Å². The minimum absolute atomic E-state index is 0.104. The van der Waals surface area contributed by atoms with E-state index < -0.39 is 5.41 Å². The third-order valence-electron chi connectivity index (χ3n) is 3.18. The zero-order valence-corrected chi connectivity index (χ0v) is 13.4. The Morgan fingerprint density at radius 3 is 2.19 bits per heavy atom. The Hall–Kier alpha value is -1.97. The summed E-state index contributed by atoms with van der Waals surface area (Å²) in [5, 5.41) is 4.15. The Morgan fingerprint density at radius 1 is 1.14 bits per heavy atom. The molecule has 0 unspecified atom stereocenters. The van der Waals surface area contributed by atoms with Gasteiger partial charge in [-0.05, 0) is 18.1 Å². The molecule has 0 aliphatic heterocycles. The molecule has 1 amide bonds. The molecule has 0 aromatic heterocycles. The molecule has 0 bridgehead atoms. The monoisotopic (exact) mass is 288 g/mol. The van der Waals surface area contributed by atoms with Crippen LogP contribution in [0.3, 0.4) is 0 Å². The normalized spacial score (nSPS) is 12.4. The summed E-state index contributed by atoms with van der Waals surface area (Å²) in [5.41, 5.74) is 3.37. The van der Waals surface area contributed by atoms with E-state index >= 15 is 0 Å². The molecule has 0 saturated carbocycles. The number of hydrogen-bond acceptors (Lipinski definition) is 3. The van der Waals surface area contributed by atoms with Crippen LogP contribution in [-0.4, -0.2) is 17.4 Å². The molecule has 0 fully saturated rings. The van der Waals surface area contributed by atoms with E-state index in [-0.39, 0.29) is 24.0 Å². The Morgan fingerprint density at radius 2 is 1.71 bits per heavy atom. The van der Waals surface area contributed by atoms with Crippen LogP contribution in [0.5, 0.6) is 0 Å². The lowest BCUT2D eigenvalue weighted by Gasteiger charge is -2.18. The van der Waals surface area contributed by atoms with Crippen molar-refractivity contribution in [3.05, 3.63) is 35.9 Å². The van der Waals surface area contributed by atoms with Crippen molar-refractivity contribution in [2.45, 2.75) is 41.0 Å². The first-order valence-corrected chi connectivity index (χ1v) is 7.17.